The first-order valence-corrected chi connectivity index (χ1v) is 2.19. The summed E-state index contributed by atoms with van der Waals surface area (Å²) < 4.78 is 8.55. The van der Waals surface area contributed by atoms with Crippen molar-refractivity contribution >= 4 is 7.82 Å². The summed E-state index contributed by atoms with van der Waals surface area (Å²) in [6, 6.07) is 0. The second-order valence-corrected chi connectivity index (χ2v) is 1.34. The maximum Gasteiger partial charge on any atom is 4.00 e. The van der Waals surface area contributed by atoms with Crippen LogP contribution in [0, 0.1) is 0 Å². The van der Waals surface area contributed by atoms with Crippen LogP contribution in [0.2, 0.25) is 0 Å². The molecule has 4 nitrogen and oxygen atoms in total. The van der Waals surface area contributed by atoms with E-state index in [2.05, 4.69) is 0 Å². The number of hydrogen-bond acceptors (Lipinski definition) is 4. The van der Waals surface area contributed by atoms with E-state index in [1.165, 1.54) is 0 Å². The molecule has 8 heteroatoms. The standard InChI is InChI=1S/Fe.Li.H3O4P.Zr/c;;1-5(2,3)4;/h;;(H3,1,2,3,4);/q+2;+1;;+4/p-3. The second kappa shape index (κ2) is 9.11. The number of rotatable bonds is 0. The predicted molar refractivity (Wildman–Crippen MR) is 7.61 cm³/mol. The number of hydrogen-bond donors (Lipinski definition) is 0. The van der Waals surface area contributed by atoms with Gasteiger partial charge in [0.1, 0.15) is 0 Å². The van der Waals surface area contributed by atoms with Gasteiger partial charge in [0, 0.05) is 0 Å². The van der Waals surface area contributed by atoms with Gasteiger partial charge < -0.3 is 19.2 Å². The Morgan fingerprint density at radius 3 is 1.12 bits per heavy atom. The van der Waals surface area contributed by atoms with Crippen LogP contribution in [0.15, 0.2) is 0 Å². The topological polar surface area (TPSA) is 86.2 Å². The zero-order chi connectivity index (χ0) is 4.50. The normalized spacial score (nSPS) is 7.38. The van der Waals surface area contributed by atoms with Gasteiger partial charge in [-0.25, -0.2) is 0 Å². The molecule has 0 saturated carbocycles. The van der Waals surface area contributed by atoms with E-state index < -0.39 is 7.82 Å². The van der Waals surface area contributed by atoms with Crippen LogP contribution >= 0.6 is 7.82 Å². The van der Waals surface area contributed by atoms with Gasteiger partial charge in [-0.15, -0.1) is 0 Å². The van der Waals surface area contributed by atoms with E-state index in [4.69, 9.17) is 19.2 Å². The van der Waals surface area contributed by atoms with Crippen molar-refractivity contribution in [1.29, 1.82) is 0 Å². The fraction of sp³-hybridized carbons (Fsp3) is 0. The minimum atomic E-state index is -5.39. The molecular weight excluding hydrogens is 249 g/mol. The SMILES string of the molecule is O=P([O-])([O-])[O-].[Fe+2].[Li+].[Zr+4]. The zero-order valence-corrected chi connectivity index (χ0v) is 8.39. The molecule has 0 heterocycles. The summed E-state index contributed by atoms with van der Waals surface area (Å²) in [5.41, 5.74) is 0. The molecule has 0 aliphatic carbocycles. The van der Waals surface area contributed by atoms with E-state index >= 15 is 0 Å². The van der Waals surface area contributed by atoms with Crippen molar-refractivity contribution in [3.05, 3.63) is 0 Å². The van der Waals surface area contributed by atoms with E-state index in [0.29, 0.717) is 0 Å². The fourth-order valence-electron chi connectivity index (χ4n) is 0. The van der Waals surface area contributed by atoms with Crippen LogP contribution in [0.4, 0.5) is 0 Å². The van der Waals surface area contributed by atoms with Gasteiger partial charge in [-0.1, -0.05) is 0 Å². The van der Waals surface area contributed by atoms with E-state index in [-0.39, 0.29) is 62.1 Å². The molecule has 0 amide bonds. The van der Waals surface area contributed by atoms with Gasteiger partial charge in [-0.2, -0.15) is 7.82 Å². The Hall–Kier alpha value is 2.11. The van der Waals surface area contributed by atoms with Crippen molar-refractivity contribution in [2.45, 2.75) is 0 Å². The quantitative estimate of drug-likeness (QED) is 0.316. The molecule has 0 rings (SSSR count). The summed E-state index contributed by atoms with van der Waals surface area (Å²) in [6.07, 6.45) is 0. The van der Waals surface area contributed by atoms with Crippen LogP contribution in [-0.4, -0.2) is 0 Å². The van der Waals surface area contributed by atoms with Gasteiger partial charge in [-0.05, 0) is 0 Å². The molecule has 0 aromatic rings. The van der Waals surface area contributed by atoms with Crippen molar-refractivity contribution < 1.29 is 81.4 Å². The minimum Gasteiger partial charge on any atom is -0.822 e. The van der Waals surface area contributed by atoms with Crippen LogP contribution in [0.25, 0.3) is 0 Å². The van der Waals surface area contributed by atoms with Crippen LogP contribution in [0.1, 0.15) is 0 Å². The van der Waals surface area contributed by atoms with Crippen molar-refractivity contribution in [2.24, 2.45) is 0 Å². The largest absolute Gasteiger partial charge is 4.00 e. The Morgan fingerprint density at radius 1 is 1.12 bits per heavy atom. The van der Waals surface area contributed by atoms with Crippen molar-refractivity contribution in [2.75, 3.05) is 0 Å². The Labute approximate surface area is 88.4 Å². The average Bonchev–Trinajstić information content (AvgIpc) is 0.722. The summed E-state index contributed by atoms with van der Waals surface area (Å²) in [5.74, 6) is 0. The third-order valence-corrected chi connectivity index (χ3v) is 0. The summed E-state index contributed by atoms with van der Waals surface area (Å²) in [6.45, 7) is 0. The van der Waals surface area contributed by atoms with Gasteiger partial charge in [0.05, 0.1) is 0 Å². The van der Waals surface area contributed by atoms with Crippen molar-refractivity contribution in [3.8, 4) is 0 Å². The fourth-order valence-corrected chi connectivity index (χ4v) is 0. The summed E-state index contributed by atoms with van der Waals surface area (Å²) in [5, 5.41) is 0. The van der Waals surface area contributed by atoms with Crippen LogP contribution in [0.3, 0.4) is 0 Å². The Balaban J connectivity index is -0.0000000267. The first-order chi connectivity index (χ1) is 2.00. The average molecular weight is 249 g/mol. The predicted octanol–water partition coefficient (Wildman–Crippen LogP) is -5.83. The molecule has 0 aromatic heterocycles. The maximum atomic E-state index is 8.55. The molecule has 0 spiro atoms. The zero-order valence-electron chi connectivity index (χ0n) is 3.93. The monoisotopic (exact) mass is 248 g/mol. The molecule has 0 N–H and O–H groups in total. The van der Waals surface area contributed by atoms with Crippen LogP contribution in [0.5, 0.6) is 0 Å². The van der Waals surface area contributed by atoms with Crippen LogP contribution in [-0.2, 0) is 47.8 Å². The van der Waals surface area contributed by atoms with E-state index in [1.807, 2.05) is 0 Å². The molecular formula is FeLiO4PZr+4. The number of phosphoric acid groups is 1. The van der Waals surface area contributed by atoms with Crippen molar-refractivity contribution in [1.82, 2.24) is 0 Å². The summed E-state index contributed by atoms with van der Waals surface area (Å²) >= 11 is 0. The molecule has 0 atom stereocenters. The van der Waals surface area contributed by atoms with Gasteiger partial charge in [0.2, 0.25) is 0 Å². The Bertz CT molecular complexity index is 62.2. The molecule has 8 heavy (non-hydrogen) atoms. The molecule has 0 radical (unpaired) electrons. The summed E-state index contributed by atoms with van der Waals surface area (Å²) in [4.78, 5) is 25.6. The first kappa shape index (κ1) is 22.5. The van der Waals surface area contributed by atoms with E-state index in [0.717, 1.165) is 0 Å². The summed E-state index contributed by atoms with van der Waals surface area (Å²) in [7, 11) is -5.39. The third kappa shape index (κ3) is 92.1. The van der Waals surface area contributed by atoms with Gasteiger partial charge in [0.25, 0.3) is 0 Å². The molecule has 0 aromatic carbocycles. The third-order valence-electron chi connectivity index (χ3n) is 0. The van der Waals surface area contributed by atoms with Gasteiger partial charge >= 0.3 is 62.1 Å². The first-order valence-electron chi connectivity index (χ1n) is 0.730. The molecule has 0 saturated heterocycles. The smallest absolute Gasteiger partial charge is 0.822 e. The van der Waals surface area contributed by atoms with E-state index in [9.17, 15) is 0 Å². The van der Waals surface area contributed by atoms with Gasteiger partial charge in [0.15, 0.2) is 0 Å². The molecule has 0 aliphatic rings. The minimum absolute atomic E-state index is 0. The maximum absolute atomic E-state index is 8.55. The molecule has 0 bridgehead atoms. The molecule has 0 fully saturated rings. The molecule has 0 aliphatic heterocycles. The van der Waals surface area contributed by atoms with Gasteiger partial charge in [-0.3, -0.25) is 0 Å². The second-order valence-electron chi connectivity index (χ2n) is 0.447. The molecule has 0 unspecified atom stereocenters. The Kier molecular flexibility index (Phi) is 25.6. The molecule has 38 valence electrons. The van der Waals surface area contributed by atoms with Crippen LogP contribution < -0.4 is 33.5 Å². The Morgan fingerprint density at radius 2 is 1.12 bits per heavy atom. The van der Waals surface area contributed by atoms with Crippen molar-refractivity contribution in [3.63, 3.8) is 0 Å². The van der Waals surface area contributed by atoms with E-state index in [1.54, 1.807) is 0 Å².